The Bertz CT molecular complexity index is 1160. The topological polar surface area (TPSA) is 99.2 Å². The molecule has 1 N–H and O–H groups in total. The highest BCUT2D eigenvalue weighted by Gasteiger charge is 2.16. The SMILES string of the molecule is COc1cccc2cc(C(=O)NCc3cn(-c4ccsc4)nn3)c(=O)oc12. The van der Waals surface area contributed by atoms with Crippen LogP contribution >= 0.6 is 11.3 Å². The van der Waals surface area contributed by atoms with Gasteiger partial charge in [0.25, 0.3) is 5.91 Å². The predicted octanol–water partition coefficient (Wildman–Crippen LogP) is 2.37. The molecule has 3 aromatic heterocycles. The van der Waals surface area contributed by atoms with E-state index in [0.29, 0.717) is 22.4 Å². The van der Waals surface area contributed by atoms with Crippen molar-refractivity contribution in [1.29, 1.82) is 0 Å². The van der Waals surface area contributed by atoms with Crippen LogP contribution in [0.15, 0.2) is 56.5 Å². The predicted molar refractivity (Wildman–Crippen MR) is 99.4 cm³/mol. The van der Waals surface area contributed by atoms with E-state index in [9.17, 15) is 9.59 Å². The summed E-state index contributed by atoms with van der Waals surface area (Å²) in [4.78, 5) is 24.6. The third-order valence-electron chi connectivity index (χ3n) is 3.93. The van der Waals surface area contributed by atoms with Crippen LogP contribution in [0, 0.1) is 0 Å². The summed E-state index contributed by atoms with van der Waals surface area (Å²) < 4.78 is 12.1. The van der Waals surface area contributed by atoms with E-state index in [4.69, 9.17) is 9.15 Å². The fourth-order valence-electron chi connectivity index (χ4n) is 2.60. The lowest BCUT2D eigenvalue weighted by Gasteiger charge is -2.06. The molecule has 8 nitrogen and oxygen atoms in total. The second-order valence-corrected chi connectivity index (χ2v) is 6.42. The highest BCUT2D eigenvalue weighted by atomic mass is 32.1. The molecule has 0 atom stereocenters. The molecule has 0 saturated heterocycles. The van der Waals surface area contributed by atoms with Gasteiger partial charge in [-0.3, -0.25) is 4.79 Å². The third kappa shape index (κ3) is 3.32. The first-order valence-corrected chi connectivity index (χ1v) is 8.93. The zero-order valence-electron chi connectivity index (χ0n) is 14.2. The number of hydrogen-bond acceptors (Lipinski definition) is 7. The molecule has 0 unspecified atom stereocenters. The van der Waals surface area contributed by atoms with Gasteiger partial charge in [-0.1, -0.05) is 17.3 Å². The molecule has 0 fully saturated rings. The Balaban J connectivity index is 1.53. The number of methoxy groups -OCH3 is 1. The maximum atomic E-state index is 12.4. The minimum atomic E-state index is -0.730. The molecule has 0 radical (unpaired) electrons. The number of rotatable bonds is 5. The van der Waals surface area contributed by atoms with Crippen LogP contribution in [0.1, 0.15) is 16.1 Å². The number of ether oxygens (including phenoxy) is 1. The second kappa shape index (κ2) is 7.04. The van der Waals surface area contributed by atoms with Crippen molar-refractivity contribution in [3.63, 3.8) is 0 Å². The number of nitrogens with zero attached hydrogens (tertiary/aromatic N) is 3. The minimum absolute atomic E-state index is 0.0824. The van der Waals surface area contributed by atoms with Crippen molar-refractivity contribution in [3.8, 4) is 11.4 Å². The number of aromatic nitrogens is 3. The van der Waals surface area contributed by atoms with E-state index in [1.807, 2.05) is 16.8 Å². The van der Waals surface area contributed by atoms with E-state index in [1.165, 1.54) is 13.2 Å². The second-order valence-electron chi connectivity index (χ2n) is 5.64. The highest BCUT2D eigenvalue weighted by Crippen LogP contribution is 2.24. The molecule has 0 spiro atoms. The van der Waals surface area contributed by atoms with E-state index in [2.05, 4.69) is 15.6 Å². The molecule has 27 heavy (non-hydrogen) atoms. The Morgan fingerprint density at radius 1 is 1.37 bits per heavy atom. The number of fused-ring (bicyclic) bond motifs is 1. The van der Waals surface area contributed by atoms with E-state index in [0.717, 1.165) is 5.69 Å². The van der Waals surface area contributed by atoms with Gasteiger partial charge < -0.3 is 14.5 Å². The third-order valence-corrected chi connectivity index (χ3v) is 4.60. The standard InChI is InChI=1S/C18H14N4O4S/c1-25-15-4-2-3-11-7-14(18(24)26-16(11)15)17(23)19-8-12-9-22(21-20-12)13-5-6-27-10-13/h2-7,9-10H,8H2,1H3,(H,19,23). The van der Waals surface area contributed by atoms with E-state index in [1.54, 1.807) is 40.4 Å². The molecule has 136 valence electrons. The number of amides is 1. The molecule has 0 aliphatic heterocycles. The Labute approximate surface area is 157 Å². The van der Waals surface area contributed by atoms with Crippen LogP contribution in [0.2, 0.25) is 0 Å². The monoisotopic (exact) mass is 382 g/mol. The lowest BCUT2D eigenvalue weighted by atomic mass is 10.1. The van der Waals surface area contributed by atoms with Crippen LogP contribution in [-0.2, 0) is 6.54 Å². The number of benzene rings is 1. The zero-order valence-corrected chi connectivity index (χ0v) is 15.0. The van der Waals surface area contributed by atoms with Gasteiger partial charge in [0.05, 0.1) is 25.5 Å². The molecular formula is C18H14N4O4S. The summed E-state index contributed by atoms with van der Waals surface area (Å²) in [5.41, 5.74) is 0.961. The summed E-state index contributed by atoms with van der Waals surface area (Å²) in [6, 6.07) is 8.58. The Morgan fingerprint density at radius 2 is 2.26 bits per heavy atom. The van der Waals surface area contributed by atoms with Crippen molar-refractivity contribution < 1.29 is 13.9 Å². The number of thiophene rings is 1. The van der Waals surface area contributed by atoms with Gasteiger partial charge in [0, 0.05) is 10.8 Å². The number of para-hydroxylation sites is 1. The summed E-state index contributed by atoms with van der Waals surface area (Å²) >= 11 is 1.55. The molecule has 4 aromatic rings. The molecule has 0 bridgehead atoms. The van der Waals surface area contributed by atoms with Gasteiger partial charge in [-0.2, -0.15) is 11.3 Å². The first kappa shape index (κ1) is 17.0. The van der Waals surface area contributed by atoms with Crippen LogP contribution < -0.4 is 15.7 Å². The molecule has 3 heterocycles. The lowest BCUT2D eigenvalue weighted by molar-refractivity contribution is 0.0947. The largest absolute Gasteiger partial charge is 0.493 e. The van der Waals surface area contributed by atoms with Crippen LogP contribution in [0.3, 0.4) is 0 Å². The van der Waals surface area contributed by atoms with Crippen LogP contribution in [0.25, 0.3) is 16.7 Å². The maximum absolute atomic E-state index is 12.4. The fourth-order valence-corrected chi connectivity index (χ4v) is 3.22. The summed E-state index contributed by atoms with van der Waals surface area (Å²) in [6.45, 7) is 0.137. The molecule has 0 saturated carbocycles. The van der Waals surface area contributed by atoms with Gasteiger partial charge in [-0.05, 0) is 23.6 Å². The number of nitrogens with one attached hydrogen (secondary N) is 1. The molecular weight excluding hydrogens is 368 g/mol. The van der Waals surface area contributed by atoms with Crippen molar-refractivity contribution >= 4 is 28.2 Å². The Morgan fingerprint density at radius 3 is 3.04 bits per heavy atom. The average Bonchev–Trinajstić information content (AvgIpc) is 3.36. The van der Waals surface area contributed by atoms with Gasteiger partial charge in [-0.25, -0.2) is 9.48 Å². The zero-order chi connectivity index (χ0) is 18.8. The molecule has 9 heteroatoms. The van der Waals surface area contributed by atoms with E-state index >= 15 is 0 Å². The van der Waals surface area contributed by atoms with Crippen molar-refractivity contribution in [2.24, 2.45) is 0 Å². The van der Waals surface area contributed by atoms with Crippen molar-refractivity contribution in [2.45, 2.75) is 6.54 Å². The van der Waals surface area contributed by atoms with Gasteiger partial charge in [0.2, 0.25) is 0 Å². The summed E-state index contributed by atoms with van der Waals surface area (Å²) in [5, 5.41) is 15.2. The van der Waals surface area contributed by atoms with E-state index in [-0.39, 0.29) is 12.1 Å². The molecule has 4 rings (SSSR count). The highest BCUT2D eigenvalue weighted by molar-refractivity contribution is 7.08. The maximum Gasteiger partial charge on any atom is 0.349 e. The molecule has 0 aliphatic carbocycles. The first-order valence-electron chi connectivity index (χ1n) is 7.98. The molecule has 1 aromatic carbocycles. The van der Waals surface area contributed by atoms with E-state index < -0.39 is 11.5 Å². The number of hydrogen-bond donors (Lipinski definition) is 1. The summed E-state index contributed by atoms with van der Waals surface area (Å²) in [6.07, 6.45) is 1.72. The number of carbonyl (C=O) groups is 1. The lowest BCUT2D eigenvalue weighted by Crippen LogP contribution is -2.28. The minimum Gasteiger partial charge on any atom is -0.493 e. The summed E-state index contributed by atoms with van der Waals surface area (Å²) in [5.74, 6) is -0.111. The number of carbonyl (C=O) groups excluding carboxylic acids is 1. The first-order chi connectivity index (χ1) is 13.2. The van der Waals surface area contributed by atoms with Crippen LogP contribution in [-0.4, -0.2) is 28.0 Å². The van der Waals surface area contributed by atoms with Crippen molar-refractivity contribution in [1.82, 2.24) is 20.3 Å². The smallest absolute Gasteiger partial charge is 0.349 e. The van der Waals surface area contributed by atoms with Crippen LogP contribution in [0.4, 0.5) is 0 Å². The van der Waals surface area contributed by atoms with Crippen LogP contribution in [0.5, 0.6) is 5.75 Å². The Hall–Kier alpha value is -3.46. The van der Waals surface area contributed by atoms with Gasteiger partial charge in [0.1, 0.15) is 11.3 Å². The summed E-state index contributed by atoms with van der Waals surface area (Å²) in [7, 11) is 1.48. The quantitative estimate of drug-likeness (QED) is 0.532. The molecule has 0 aliphatic rings. The molecule has 1 amide bonds. The van der Waals surface area contributed by atoms with Gasteiger partial charge >= 0.3 is 5.63 Å². The Kier molecular flexibility index (Phi) is 4.43. The van der Waals surface area contributed by atoms with Crippen molar-refractivity contribution in [3.05, 3.63) is 69.0 Å². The fraction of sp³-hybridized carbons (Fsp3) is 0.111. The average molecular weight is 382 g/mol. The van der Waals surface area contributed by atoms with Gasteiger partial charge in [0.15, 0.2) is 11.3 Å². The van der Waals surface area contributed by atoms with Gasteiger partial charge in [-0.15, -0.1) is 5.10 Å². The normalized spacial score (nSPS) is 10.9. The van der Waals surface area contributed by atoms with Crippen molar-refractivity contribution in [2.75, 3.05) is 7.11 Å².